The summed E-state index contributed by atoms with van der Waals surface area (Å²) in [5, 5.41) is 2.66. The number of carbonyl (C=O) groups is 2. The van der Waals surface area contributed by atoms with Crippen LogP contribution >= 0.6 is 0 Å². The van der Waals surface area contributed by atoms with Gasteiger partial charge >= 0.3 is 5.97 Å². The van der Waals surface area contributed by atoms with Crippen LogP contribution in [0.3, 0.4) is 0 Å². The van der Waals surface area contributed by atoms with Crippen molar-refractivity contribution in [1.29, 1.82) is 0 Å². The molecule has 0 fully saturated rings. The predicted octanol–water partition coefficient (Wildman–Crippen LogP) is 3.03. The number of methoxy groups -OCH3 is 1. The molecule has 2 aromatic carbocycles. The molecule has 24 heavy (non-hydrogen) atoms. The number of amides is 1. The van der Waals surface area contributed by atoms with Gasteiger partial charge in [-0.2, -0.15) is 0 Å². The number of nitrogens with one attached hydrogen (secondary N) is 1. The Morgan fingerprint density at radius 3 is 2.79 bits per heavy atom. The minimum atomic E-state index is -0.549. The monoisotopic (exact) mass is 327 g/mol. The molecule has 1 amide bonds. The first-order valence-electron chi connectivity index (χ1n) is 7.20. The van der Waals surface area contributed by atoms with E-state index >= 15 is 0 Å². The third-order valence-electron chi connectivity index (χ3n) is 3.56. The first-order chi connectivity index (χ1) is 11.6. The summed E-state index contributed by atoms with van der Waals surface area (Å²) in [5.74, 6) is -0.873. The Bertz CT molecular complexity index is 845. The summed E-state index contributed by atoms with van der Waals surface area (Å²) in [7, 11) is 1.27. The van der Waals surface area contributed by atoms with Gasteiger partial charge in [0.1, 0.15) is 18.2 Å². The fraction of sp³-hybridized carbons (Fsp3) is 0.111. The molecule has 0 unspecified atom stereocenters. The van der Waals surface area contributed by atoms with Gasteiger partial charge in [0, 0.05) is 5.56 Å². The Labute approximate surface area is 137 Å². The van der Waals surface area contributed by atoms with Crippen LogP contribution in [0.5, 0.6) is 5.75 Å². The molecule has 0 bridgehead atoms. The van der Waals surface area contributed by atoms with Gasteiger partial charge < -0.3 is 14.8 Å². The van der Waals surface area contributed by atoms with Crippen molar-refractivity contribution in [1.82, 2.24) is 0 Å². The average Bonchev–Trinajstić information content (AvgIpc) is 2.60. The second-order valence-electron chi connectivity index (χ2n) is 5.13. The van der Waals surface area contributed by atoms with Crippen molar-refractivity contribution in [2.45, 2.75) is 0 Å². The highest BCUT2D eigenvalue weighted by Crippen LogP contribution is 2.27. The van der Waals surface area contributed by atoms with Crippen LogP contribution in [-0.4, -0.2) is 25.6 Å². The zero-order valence-electron chi connectivity index (χ0n) is 12.8. The van der Waals surface area contributed by atoms with Gasteiger partial charge in [-0.25, -0.2) is 9.18 Å². The number of halogens is 1. The number of hydrogen-bond donors (Lipinski definition) is 1. The van der Waals surface area contributed by atoms with Gasteiger partial charge in [0.25, 0.3) is 5.91 Å². The van der Waals surface area contributed by atoms with Crippen molar-refractivity contribution < 1.29 is 23.5 Å². The summed E-state index contributed by atoms with van der Waals surface area (Å²) < 4.78 is 23.5. The highest BCUT2D eigenvalue weighted by atomic mass is 19.1. The van der Waals surface area contributed by atoms with E-state index in [2.05, 4.69) is 5.32 Å². The molecule has 0 aliphatic carbocycles. The lowest BCUT2D eigenvalue weighted by Crippen LogP contribution is -2.22. The van der Waals surface area contributed by atoms with Crippen LogP contribution in [0, 0.1) is 5.82 Å². The number of benzene rings is 2. The fourth-order valence-electron chi connectivity index (χ4n) is 2.36. The molecular formula is C18H14FNO4. The second-order valence-corrected chi connectivity index (χ2v) is 5.13. The largest absolute Gasteiger partial charge is 0.488 e. The number of ether oxygens (including phenoxy) is 2. The Morgan fingerprint density at radius 1 is 1.21 bits per heavy atom. The first kappa shape index (κ1) is 15.7. The van der Waals surface area contributed by atoms with Crippen LogP contribution < -0.4 is 10.1 Å². The predicted molar refractivity (Wildman–Crippen MR) is 86.3 cm³/mol. The Morgan fingerprint density at radius 2 is 2.00 bits per heavy atom. The van der Waals surface area contributed by atoms with Crippen LogP contribution in [0.4, 0.5) is 10.1 Å². The van der Waals surface area contributed by atoms with E-state index in [-0.39, 0.29) is 12.2 Å². The zero-order chi connectivity index (χ0) is 17.1. The smallest absolute Gasteiger partial charge is 0.339 e. The van der Waals surface area contributed by atoms with E-state index in [1.807, 2.05) is 0 Å². The third kappa shape index (κ3) is 3.12. The minimum absolute atomic E-state index is 0.0604. The lowest BCUT2D eigenvalue weighted by Gasteiger charge is -2.18. The van der Waals surface area contributed by atoms with Crippen LogP contribution in [0.2, 0.25) is 0 Å². The standard InChI is InChI=1S/C18H14FNO4/c1-23-18(22)14-4-2-3-5-15(14)20-17(21)12-8-11-9-13(19)6-7-16(11)24-10-12/h2-9H,10H2,1H3,(H,20,21). The van der Waals surface area contributed by atoms with Crippen molar-refractivity contribution >= 4 is 23.6 Å². The van der Waals surface area contributed by atoms with Gasteiger partial charge in [0.05, 0.1) is 23.9 Å². The number of hydrogen-bond acceptors (Lipinski definition) is 4. The highest BCUT2D eigenvalue weighted by Gasteiger charge is 2.20. The highest BCUT2D eigenvalue weighted by molar-refractivity contribution is 6.10. The molecule has 5 nitrogen and oxygen atoms in total. The van der Waals surface area contributed by atoms with Gasteiger partial charge in [-0.05, 0) is 36.4 Å². The minimum Gasteiger partial charge on any atom is -0.488 e. The molecule has 0 spiro atoms. The molecule has 0 saturated heterocycles. The third-order valence-corrected chi connectivity index (χ3v) is 3.56. The molecule has 1 aliphatic heterocycles. The molecule has 0 radical (unpaired) electrons. The number of fused-ring (bicyclic) bond motifs is 1. The zero-order valence-corrected chi connectivity index (χ0v) is 12.8. The summed E-state index contributed by atoms with van der Waals surface area (Å²) in [6.07, 6.45) is 1.57. The summed E-state index contributed by atoms with van der Waals surface area (Å²) in [6, 6.07) is 10.6. The summed E-state index contributed by atoms with van der Waals surface area (Å²) in [5.41, 5.74) is 1.40. The maximum absolute atomic E-state index is 13.3. The lowest BCUT2D eigenvalue weighted by molar-refractivity contribution is -0.113. The van der Waals surface area contributed by atoms with Crippen molar-refractivity contribution in [3.05, 3.63) is 65.0 Å². The maximum atomic E-state index is 13.3. The van der Waals surface area contributed by atoms with E-state index in [9.17, 15) is 14.0 Å². The van der Waals surface area contributed by atoms with Gasteiger partial charge in [0.15, 0.2) is 0 Å². The Kier molecular flexibility index (Phi) is 4.29. The number of para-hydroxylation sites is 1. The molecule has 0 atom stereocenters. The van der Waals surface area contributed by atoms with Crippen molar-refractivity contribution in [2.75, 3.05) is 19.0 Å². The van der Waals surface area contributed by atoms with Gasteiger partial charge in [0.2, 0.25) is 0 Å². The first-order valence-corrected chi connectivity index (χ1v) is 7.20. The number of anilines is 1. The lowest BCUT2D eigenvalue weighted by atomic mass is 10.1. The topological polar surface area (TPSA) is 64.6 Å². The van der Waals surface area contributed by atoms with Crippen LogP contribution in [0.1, 0.15) is 15.9 Å². The van der Waals surface area contributed by atoms with Gasteiger partial charge in [-0.3, -0.25) is 4.79 Å². The van der Waals surface area contributed by atoms with E-state index in [0.29, 0.717) is 22.6 Å². The number of carbonyl (C=O) groups excluding carboxylic acids is 2. The number of esters is 1. The average molecular weight is 327 g/mol. The quantitative estimate of drug-likeness (QED) is 0.880. The molecule has 1 heterocycles. The van der Waals surface area contributed by atoms with E-state index in [1.165, 1.54) is 25.3 Å². The molecule has 122 valence electrons. The van der Waals surface area contributed by atoms with Gasteiger partial charge in [-0.1, -0.05) is 12.1 Å². The normalized spacial score (nSPS) is 12.5. The fourth-order valence-corrected chi connectivity index (χ4v) is 2.36. The molecule has 1 aliphatic rings. The van der Waals surface area contributed by atoms with Crippen molar-refractivity contribution in [2.24, 2.45) is 0 Å². The van der Waals surface area contributed by atoms with Crippen molar-refractivity contribution in [3.63, 3.8) is 0 Å². The summed E-state index contributed by atoms with van der Waals surface area (Å²) in [6.45, 7) is 0.0604. The van der Waals surface area contributed by atoms with E-state index in [1.54, 1.807) is 30.3 Å². The summed E-state index contributed by atoms with van der Waals surface area (Å²) >= 11 is 0. The van der Waals surface area contributed by atoms with Gasteiger partial charge in [-0.15, -0.1) is 0 Å². The summed E-state index contributed by atoms with van der Waals surface area (Å²) in [4.78, 5) is 24.2. The second kappa shape index (κ2) is 6.54. The van der Waals surface area contributed by atoms with Crippen molar-refractivity contribution in [3.8, 4) is 5.75 Å². The molecule has 3 rings (SSSR count). The Hall–Kier alpha value is -3.15. The molecule has 1 N–H and O–H groups in total. The molecule has 2 aromatic rings. The molecular weight excluding hydrogens is 313 g/mol. The van der Waals surface area contributed by atoms with E-state index < -0.39 is 17.7 Å². The maximum Gasteiger partial charge on any atom is 0.339 e. The number of rotatable bonds is 3. The van der Waals surface area contributed by atoms with E-state index in [0.717, 1.165) is 0 Å². The van der Waals surface area contributed by atoms with Crippen LogP contribution in [-0.2, 0) is 9.53 Å². The Balaban J connectivity index is 1.85. The van der Waals surface area contributed by atoms with Crippen LogP contribution in [0.15, 0.2) is 48.0 Å². The van der Waals surface area contributed by atoms with E-state index in [4.69, 9.17) is 9.47 Å². The molecule has 0 saturated carbocycles. The SMILES string of the molecule is COC(=O)c1ccccc1NC(=O)C1=Cc2cc(F)ccc2OC1. The molecule has 6 heteroatoms. The molecule has 0 aromatic heterocycles. The van der Waals surface area contributed by atoms with Crippen LogP contribution in [0.25, 0.3) is 6.08 Å².